The summed E-state index contributed by atoms with van der Waals surface area (Å²) in [5.41, 5.74) is -0.291. The maximum atomic E-state index is 11.2. The Morgan fingerprint density at radius 2 is 2.40 bits per heavy atom. The average Bonchev–Trinajstić information content (AvgIpc) is 2.59. The van der Waals surface area contributed by atoms with Crippen molar-refractivity contribution >= 4 is 17.4 Å². The molecular weight excluding hydrogens is 214 g/mol. The van der Waals surface area contributed by atoms with Crippen molar-refractivity contribution < 1.29 is 0 Å². The van der Waals surface area contributed by atoms with E-state index < -0.39 is 0 Å². The van der Waals surface area contributed by atoms with Crippen LogP contribution in [0.2, 0.25) is 5.02 Å². The number of anilines is 1. The molecule has 0 saturated heterocycles. The normalized spacial score (nSPS) is 25.5. The van der Waals surface area contributed by atoms with Crippen LogP contribution in [0.25, 0.3) is 0 Å². The summed E-state index contributed by atoms with van der Waals surface area (Å²) in [6.45, 7) is 2.23. The maximum absolute atomic E-state index is 11.2. The number of halogens is 1. The van der Waals surface area contributed by atoms with E-state index >= 15 is 0 Å². The van der Waals surface area contributed by atoms with Gasteiger partial charge in [-0.25, -0.2) is 4.98 Å². The molecule has 2 N–H and O–H groups in total. The van der Waals surface area contributed by atoms with Gasteiger partial charge in [0.15, 0.2) is 5.82 Å². The first-order chi connectivity index (χ1) is 7.16. The fourth-order valence-electron chi connectivity index (χ4n) is 2.02. The molecule has 2 rings (SSSR count). The zero-order valence-corrected chi connectivity index (χ0v) is 9.34. The lowest BCUT2D eigenvalue weighted by Gasteiger charge is -2.13. The van der Waals surface area contributed by atoms with Crippen molar-refractivity contribution in [3.8, 4) is 0 Å². The first kappa shape index (κ1) is 10.5. The summed E-state index contributed by atoms with van der Waals surface area (Å²) in [5.74, 6) is 1.24. The Hall–Kier alpha value is -1.03. The number of aromatic nitrogens is 2. The molecule has 0 bridgehead atoms. The van der Waals surface area contributed by atoms with E-state index in [4.69, 9.17) is 11.6 Å². The van der Waals surface area contributed by atoms with Gasteiger partial charge >= 0.3 is 0 Å². The number of hydrogen-bond acceptors (Lipinski definition) is 3. The van der Waals surface area contributed by atoms with E-state index in [9.17, 15) is 4.79 Å². The van der Waals surface area contributed by atoms with Crippen molar-refractivity contribution in [2.45, 2.75) is 32.2 Å². The van der Waals surface area contributed by atoms with Gasteiger partial charge < -0.3 is 10.3 Å². The molecule has 0 radical (unpaired) electrons. The molecule has 1 heterocycles. The number of nitrogens with zero attached hydrogens (tertiary/aromatic N) is 1. The van der Waals surface area contributed by atoms with Gasteiger partial charge in [-0.2, -0.15) is 0 Å². The Labute approximate surface area is 93.1 Å². The van der Waals surface area contributed by atoms with Crippen molar-refractivity contribution in [2.75, 3.05) is 5.32 Å². The van der Waals surface area contributed by atoms with Crippen LogP contribution in [0.3, 0.4) is 0 Å². The Balaban J connectivity index is 2.11. The minimum absolute atomic E-state index is 0.150. The molecular formula is C10H14ClN3O. The fourth-order valence-corrected chi connectivity index (χ4v) is 2.17. The minimum Gasteiger partial charge on any atom is -0.366 e. The number of H-pyrrole nitrogens is 1. The summed E-state index contributed by atoms with van der Waals surface area (Å²) in [5, 5.41) is 3.37. The molecule has 82 valence electrons. The topological polar surface area (TPSA) is 57.8 Å². The molecule has 0 aromatic carbocycles. The van der Waals surface area contributed by atoms with Gasteiger partial charge in [-0.3, -0.25) is 4.79 Å². The van der Waals surface area contributed by atoms with E-state index in [1.807, 2.05) is 0 Å². The highest BCUT2D eigenvalue weighted by Crippen LogP contribution is 2.27. The number of nitrogens with one attached hydrogen (secondary N) is 2. The SMILES string of the molecule is CC1CCC(Nc2nc[nH]c(=O)c2Cl)C1. The number of aromatic amines is 1. The predicted molar refractivity (Wildman–Crippen MR) is 60.3 cm³/mol. The van der Waals surface area contributed by atoms with Crippen molar-refractivity contribution in [3.63, 3.8) is 0 Å². The molecule has 1 aromatic rings. The van der Waals surface area contributed by atoms with Gasteiger partial charge in [-0.05, 0) is 25.2 Å². The van der Waals surface area contributed by atoms with Crippen LogP contribution in [0.4, 0.5) is 5.82 Å². The molecule has 1 aliphatic carbocycles. The molecule has 0 spiro atoms. The molecule has 0 aliphatic heterocycles. The third-order valence-electron chi connectivity index (χ3n) is 2.83. The summed E-state index contributed by atoms with van der Waals surface area (Å²) >= 11 is 5.84. The Kier molecular flexibility index (Phi) is 2.95. The number of rotatable bonds is 2. The van der Waals surface area contributed by atoms with Crippen LogP contribution in [0.1, 0.15) is 26.2 Å². The molecule has 1 aliphatic rings. The van der Waals surface area contributed by atoms with Gasteiger partial charge in [0, 0.05) is 6.04 Å². The summed E-state index contributed by atoms with van der Waals surface area (Å²) in [4.78, 5) is 17.7. The lowest BCUT2D eigenvalue weighted by atomic mass is 10.1. The van der Waals surface area contributed by atoms with E-state index in [0.717, 1.165) is 18.8 Å². The van der Waals surface area contributed by atoms with Crippen molar-refractivity contribution in [1.29, 1.82) is 0 Å². The zero-order valence-electron chi connectivity index (χ0n) is 8.59. The second-order valence-corrected chi connectivity index (χ2v) is 4.53. The molecule has 5 heteroatoms. The van der Waals surface area contributed by atoms with Gasteiger partial charge in [0.05, 0.1) is 6.33 Å². The van der Waals surface area contributed by atoms with E-state index in [1.165, 1.54) is 12.7 Å². The molecule has 1 saturated carbocycles. The standard InChI is InChI=1S/C10H14ClN3O/c1-6-2-3-7(4-6)14-9-8(11)10(15)13-5-12-9/h5-7H,2-4H2,1H3,(H2,12,13,14,15). The predicted octanol–water partition coefficient (Wildman–Crippen LogP) is 2.02. The minimum atomic E-state index is -0.291. The summed E-state index contributed by atoms with van der Waals surface area (Å²) in [7, 11) is 0. The first-order valence-corrected chi connectivity index (χ1v) is 5.54. The Bertz CT molecular complexity index is 404. The van der Waals surface area contributed by atoms with Crippen LogP contribution in [0.15, 0.2) is 11.1 Å². The van der Waals surface area contributed by atoms with Crippen molar-refractivity contribution in [2.24, 2.45) is 5.92 Å². The fraction of sp³-hybridized carbons (Fsp3) is 0.600. The Morgan fingerprint density at radius 1 is 1.60 bits per heavy atom. The zero-order chi connectivity index (χ0) is 10.8. The lowest BCUT2D eigenvalue weighted by Crippen LogP contribution is -2.19. The lowest BCUT2D eigenvalue weighted by molar-refractivity contribution is 0.602. The molecule has 1 fully saturated rings. The third kappa shape index (κ3) is 2.31. The quantitative estimate of drug-likeness (QED) is 0.813. The van der Waals surface area contributed by atoms with Crippen LogP contribution < -0.4 is 10.9 Å². The van der Waals surface area contributed by atoms with Crippen LogP contribution in [-0.2, 0) is 0 Å². The van der Waals surface area contributed by atoms with Crippen LogP contribution in [0, 0.1) is 5.92 Å². The number of hydrogen-bond donors (Lipinski definition) is 2. The molecule has 2 unspecified atom stereocenters. The van der Waals surface area contributed by atoms with Crippen molar-refractivity contribution in [3.05, 3.63) is 21.7 Å². The summed E-state index contributed by atoms with van der Waals surface area (Å²) in [6.07, 6.45) is 4.82. The van der Waals surface area contributed by atoms with Gasteiger partial charge in [-0.15, -0.1) is 0 Å². The third-order valence-corrected chi connectivity index (χ3v) is 3.18. The average molecular weight is 228 g/mol. The molecule has 4 nitrogen and oxygen atoms in total. The van der Waals surface area contributed by atoms with E-state index in [1.54, 1.807) is 0 Å². The van der Waals surface area contributed by atoms with Gasteiger partial charge in [0.25, 0.3) is 5.56 Å². The van der Waals surface area contributed by atoms with Crippen LogP contribution in [-0.4, -0.2) is 16.0 Å². The van der Waals surface area contributed by atoms with E-state index in [2.05, 4.69) is 22.2 Å². The van der Waals surface area contributed by atoms with E-state index in [-0.39, 0.29) is 10.6 Å². The van der Waals surface area contributed by atoms with Crippen molar-refractivity contribution in [1.82, 2.24) is 9.97 Å². The second kappa shape index (κ2) is 4.23. The summed E-state index contributed by atoms with van der Waals surface area (Å²) < 4.78 is 0. The largest absolute Gasteiger partial charge is 0.366 e. The molecule has 2 atom stereocenters. The molecule has 0 amide bonds. The molecule has 15 heavy (non-hydrogen) atoms. The highest BCUT2D eigenvalue weighted by Gasteiger charge is 2.22. The monoisotopic (exact) mass is 227 g/mol. The highest BCUT2D eigenvalue weighted by molar-refractivity contribution is 6.32. The van der Waals surface area contributed by atoms with Gasteiger partial charge in [-0.1, -0.05) is 18.5 Å². The van der Waals surface area contributed by atoms with Gasteiger partial charge in [0.2, 0.25) is 0 Å². The Morgan fingerprint density at radius 3 is 3.07 bits per heavy atom. The van der Waals surface area contributed by atoms with Gasteiger partial charge in [0.1, 0.15) is 5.02 Å². The van der Waals surface area contributed by atoms with Crippen LogP contribution >= 0.6 is 11.6 Å². The molecule has 1 aromatic heterocycles. The second-order valence-electron chi connectivity index (χ2n) is 4.15. The van der Waals surface area contributed by atoms with E-state index in [0.29, 0.717) is 11.9 Å². The smallest absolute Gasteiger partial charge is 0.271 e. The van der Waals surface area contributed by atoms with Crippen LogP contribution in [0.5, 0.6) is 0 Å². The maximum Gasteiger partial charge on any atom is 0.271 e. The summed E-state index contributed by atoms with van der Waals surface area (Å²) in [6, 6.07) is 0.395. The highest BCUT2D eigenvalue weighted by atomic mass is 35.5. The first-order valence-electron chi connectivity index (χ1n) is 5.16.